The molecule has 1 aliphatic rings. The number of likely N-dealkylation sites (tertiary alicyclic amines) is 1. The molecule has 0 spiro atoms. The van der Waals surface area contributed by atoms with Crippen LogP contribution in [0, 0.1) is 28.9 Å². The lowest BCUT2D eigenvalue weighted by molar-refractivity contribution is -0.138. The number of piperidine rings is 1. The Kier molecular flexibility index (Phi) is 6.91. The maximum atomic E-state index is 13.3. The molecule has 2 aromatic rings. The molecule has 0 saturated carbocycles. The number of carbonyl (C=O) groups excluding carboxylic acids is 1. The fourth-order valence-electron chi connectivity index (χ4n) is 3.64. The third-order valence-corrected chi connectivity index (χ3v) is 5.35. The van der Waals surface area contributed by atoms with Crippen molar-refractivity contribution in [2.45, 2.75) is 32.1 Å². The second-order valence-electron chi connectivity index (χ2n) is 7.50. The van der Waals surface area contributed by atoms with Crippen LogP contribution in [0.25, 0.3) is 0 Å². The largest absolute Gasteiger partial charge is 0.416 e. The smallest absolute Gasteiger partial charge is 0.352 e. The number of nitriles is 1. The monoisotopic (exact) mass is 437 g/mol. The van der Waals surface area contributed by atoms with Gasteiger partial charge in [0.1, 0.15) is 0 Å². The highest BCUT2D eigenvalue weighted by atomic mass is 19.4. The van der Waals surface area contributed by atoms with E-state index < -0.39 is 23.4 Å². The lowest BCUT2D eigenvalue weighted by Crippen LogP contribution is -2.40. The van der Waals surface area contributed by atoms with Gasteiger partial charge in [0.25, 0.3) is 0 Å². The third-order valence-electron chi connectivity index (χ3n) is 5.35. The highest BCUT2D eigenvalue weighted by Crippen LogP contribution is 2.32. The summed E-state index contributed by atoms with van der Waals surface area (Å²) in [5.74, 6) is -2.48. The molecule has 1 amide bonds. The highest BCUT2D eigenvalue weighted by Gasteiger charge is 2.34. The Morgan fingerprint density at radius 3 is 2.42 bits per heavy atom. The van der Waals surface area contributed by atoms with Crippen LogP contribution in [0.2, 0.25) is 0 Å². The van der Waals surface area contributed by atoms with Crippen LogP contribution < -0.4 is 5.32 Å². The van der Waals surface area contributed by atoms with Gasteiger partial charge in [0.05, 0.1) is 17.2 Å². The van der Waals surface area contributed by atoms with Crippen molar-refractivity contribution in [1.29, 1.82) is 5.26 Å². The highest BCUT2D eigenvalue weighted by molar-refractivity contribution is 5.78. The fourth-order valence-corrected chi connectivity index (χ4v) is 3.64. The second-order valence-corrected chi connectivity index (χ2v) is 7.50. The molecule has 31 heavy (non-hydrogen) atoms. The zero-order valence-corrected chi connectivity index (χ0v) is 16.5. The first kappa shape index (κ1) is 22.7. The number of nitrogens with one attached hydrogen (secondary N) is 1. The topological polar surface area (TPSA) is 56.1 Å². The molecular weight excluding hydrogens is 417 g/mol. The van der Waals surface area contributed by atoms with Gasteiger partial charge in [-0.15, -0.1) is 0 Å². The van der Waals surface area contributed by atoms with Gasteiger partial charge >= 0.3 is 6.18 Å². The second kappa shape index (κ2) is 9.43. The van der Waals surface area contributed by atoms with Gasteiger partial charge in [-0.05, 0) is 61.3 Å². The summed E-state index contributed by atoms with van der Waals surface area (Å²) in [6, 6.07) is 8.66. The average Bonchev–Trinajstić information content (AvgIpc) is 2.74. The van der Waals surface area contributed by atoms with E-state index in [-0.39, 0.29) is 29.5 Å². The summed E-state index contributed by atoms with van der Waals surface area (Å²) in [4.78, 5) is 14.5. The Hall–Kier alpha value is -2.99. The van der Waals surface area contributed by atoms with Crippen LogP contribution in [0.3, 0.4) is 0 Å². The summed E-state index contributed by atoms with van der Waals surface area (Å²) >= 11 is 0. The first-order valence-corrected chi connectivity index (χ1v) is 9.71. The molecule has 164 valence electrons. The number of hydrogen-bond acceptors (Lipinski definition) is 3. The number of alkyl halides is 3. The van der Waals surface area contributed by atoms with Crippen LogP contribution in [-0.4, -0.2) is 23.9 Å². The lowest BCUT2D eigenvalue weighted by Gasteiger charge is -2.31. The molecule has 1 fully saturated rings. The van der Waals surface area contributed by atoms with Crippen LogP contribution in [0.15, 0.2) is 36.4 Å². The van der Waals surface area contributed by atoms with Crippen molar-refractivity contribution in [3.8, 4) is 6.07 Å². The van der Waals surface area contributed by atoms with Gasteiger partial charge in [-0.2, -0.15) is 18.4 Å². The van der Waals surface area contributed by atoms with Crippen molar-refractivity contribution in [2.24, 2.45) is 5.92 Å². The summed E-state index contributed by atoms with van der Waals surface area (Å²) < 4.78 is 66.1. The molecule has 0 unspecified atom stereocenters. The Balaban J connectivity index is 1.54. The van der Waals surface area contributed by atoms with Crippen LogP contribution in [0.4, 0.5) is 22.0 Å². The summed E-state index contributed by atoms with van der Waals surface area (Å²) in [5.41, 5.74) is -0.512. The van der Waals surface area contributed by atoms with E-state index in [1.54, 1.807) is 6.07 Å². The lowest BCUT2D eigenvalue weighted by atomic mass is 9.95. The Bertz CT molecular complexity index is 992. The van der Waals surface area contributed by atoms with Gasteiger partial charge < -0.3 is 5.32 Å². The normalized spacial score (nSPS) is 15.5. The molecule has 9 heteroatoms. The van der Waals surface area contributed by atoms with E-state index >= 15 is 0 Å². The Morgan fingerprint density at radius 1 is 1.10 bits per heavy atom. The van der Waals surface area contributed by atoms with E-state index in [1.807, 2.05) is 4.90 Å². The van der Waals surface area contributed by atoms with Crippen molar-refractivity contribution in [2.75, 3.05) is 13.1 Å². The third kappa shape index (κ3) is 5.79. The first-order valence-electron chi connectivity index (χ1n) is 9.71. The average molecular weight is 437 g/mol. The molecule has 0 aliphatic carbocycles. The van der Waals surface area contributed by atoms with Gasteiger partial charge in [-0.25, -0.2) is 8.78 Å². The van der Waals surface area contributed by atoms with E-state index in [2.05, 4.69) is 5.32 Å². The van der Waals surface area contributed by atoms with Crippen molar-refractivity contribution >= 4 is 5.91 Å². The van der Waals surface area contributed by atoms with Gasteiger partial charge in [0, 0.05) is 19.0 Å². The SMILES string of the molecule is N#Cc1ccc(CNC(=O)C2CCN(Cc3ccc(F)c(F)c3)CC2)c(C(F)(F)F)c1. The van der Waals surface area contributed by atoms with Crippen molar-refractivity contribution in [1.82, 2.24) is 10.2 Å². The van der Waals surface area contributed by atoms with Crippen LogP contribution in [-0.2, 0) is 24.1 Å². The van der Waals surface area contributed by atoms with E-state index in [9.17, 15) is 26.7 Å². The first-order chi connectivity index (χ1) is 14.7. The number of benzene rings is 2. The maximum Gasteiger partial charge on any atom is 0.416 e. The van der Waals surface area contributed by atoms with E-state index in [4.69, 9.17) is 5.26 Å². The summed E-state index contributed by atoms with van der Waals surface area (Å²) in [7, 11) is 0. The van der Waals surface area contributed by atoms with E-state index in [0.717, 1.165) is 18.2 Å². The minimum Gasteiger partial charge on any atom is -0.352 e. The number of halogens is 5. The Labute approximate surface area is 176 Å². The minimum absolute atomic E-state index is 0.101. The molecule has 2 aromatic carbocycles. The molecule has 4 nitrogen and oxygen atoms in total. The summed E-state index contributed by atoms with van der Waals surface area (Å²) in [6.07, 6.45) is -3.61. The molecule has 1 heterocycles. The number of rotatable bonds is 5. The number of nitrogens with zero attached hydrogens (tertiary/aromatic N) is 2. The van der Waals surface area contributed by atoms with Crippen LogP contribution >= 0.6 is 0 Å². The van der Waals surface area contributed by atoms with Gasteiger partial charge in [0.2, 0.25) is 5.91 Å². The van der Waals surface area contributed by atoms with Gasteiger partial charge in [-0.1, -0.05) is 12.1 Å². The molecule has 1 N–H and O–H groups in total. The van der Waals surface area contributed by atoms with Gasteiger partial charge in [0.15, 0.2) is 11.6 Å². The van der Waals surface area contributed by atoms with Crippen LogP contribution in [0.1, 0.15) is 35.1 Å². The van der Waals surface area contributed by atoms with Crippen molar-refractivity contribution < 1.29 is 26.7 Å². The summed E-state index contributed by atoms with van der Waals surface area (Å²) in [6.45, 7) is 1.25. The Morgan fingerprint density at radius 2 is 1.81 bits per heavy atom. The molecular formula is C22H20F5N3O. The number of hydrogen-bond donors (Lipinski definition) is 1. The molecule has 0 aromatic heterocycles. The van der Waals surface area contributed by atoms with Gasteiger partial charge in [-0.3, -0.25) is 9.69 Å². The maximum absolute atomic E-state index is 13.3. The number of amides is 1. The summed E-state index contributed by atoms with van der Waals surface area (Å²) in [5, 5.41) is 11.4. The minimum atomic E-state index is -4.63. The van der Waals surface area contributed by atoms with E-state index in [1.165, 1.54) is 18.2 Å². The number of carbonyl (C=O) groups is 1. The van der Waals surface area contributed by atoms with Crippen molar-refractivity contribution in [3.05, 3.63) is 70.3 Å². The molecule has 3 rings (SSSR count). The molecule has 0 bridgehead atoms. The predicted molar refractivity (Wildman–Crippen MR) is 102 cm³/mol. The van der Waals surface area contributed by atoms with Crippen LogP contribution in [0.5, 0.6) is 0 Å². The molecule has 1 saturated heterocycles. The standard InChI is InChI=1S/C22H20F5N3O/c23-19-4-2-15(10-20(19)24)13-30-7-5-16(6-8-30)21(31)29-12-17-3-1-14(11-28)9-18(17)22(25,26)27/h1-4,9-10,16H,5-8,12-13H2,(H,29,31). The zero-order chi connectivity index (χ0) is 22.6. The molecule has 0 atom stereocenters. The fraction of sp³-hybridized carbons (Fsp3) is 0.364. The predicted octanol–water partition coefficient (Wildman–Crippen LogP) is 4.38. The quantitative estimate of drug-likeness (QED) is 0.707. The molecule has 1 aliphatic heterocycles. The van der Waals surface area contributed by atoms with Crippen molar-refractivity contribution in [3.63, 3.8) is 0 Å². The zero-order valence-electron chi connectivity index (χ0n) is 16.5. The molecule has 0 radical (unpaired) electrons. The van der Waals surface area contributed by atoms with E-state index in [0.29, 0.717) is 38.0 Å².